The number of rotatable bonds is 17. The summed E-state index contributed by atoms with van der Waals surface area (Å²) >= 11 is 0. The highest BCUT2D eigenvalue weighted by atomic mass is 16.7. The van der Waals surface area contributed by atoms with Gasteiger partial charge in [-0.3, -0.25) is 0 Å². The van der Waals surface area contributed by atoms with Gasteiger partial charge in [0.25, 0.3) is 0 Å². The third-order valence-electron chi connectivity index (χ3n) is 6.79. The average Bonchev–Trinajstić information content (AvgIpc) is 2.76. The van der Waals surface area contributed by atoms with Gasteiger partial charge in [0.05, 0.1) is 18.3 Å². The van der Waals surface area contributed by atoms with E-state index >= 15 is 0 Å². The van der Waals surface area contributed by atoms with Crippen molar-refractivity contribution < 1.29 is 19.7 Å². The fraction of sp³-hybridized carbons (Fsp3) is 0.793. The molecule has 0 aromatic heterocycles. The smallest absolute Gasteiger partial charge is 0.163 e. The molecule has 2 rings (SSSR count). The molecule has 1 unspecified atom stereocenters. The summed E-state index contributed by atoms with van der Waals surface area (Å²) in [5.41, 5.74) is 1.13. The van der Waals surface area contributed by atoms with Crippen LogP contribution >= 0.6 is 0 Å². The van der Waals surface area contributed by atoms with Crippen molar-refractivity contribution in [1.82, 2.24) is 0 Å². The summed E-state index contributed by atoms with van der Waals surface area (Å²) in [5.74, 6) is -0.303. The Kier molecular flexibility index (Phi) is 13.4. The number of benzene rings is 1. The number of aromatic hydroxyl groups is 1. The zero-order valence-electron chi connectivity index (χ0n) is 21.6. The maximum absolute atomic E-state index is 10.6. The highest BCUT2D eigenvalue weighted by Crippen LogP contribution is 2.32. The van der Waals surface area contributed by atoms with E-state index in [2.05, 4.69) is 6.92 Å². The molecule has 1 fully saturated rings. The van der Waals surface area contributed by atoms with Gasteiger partial charge in [-0.15, -0.1) is 0 Å². The Labute approximate surface area is 203 Å². The summed E-state index contributed by atoms with van der Waals surface area (Å²) in [7, 11) is 0. The van der Waals surface area contributed by atoms with Crippen molar-refractivity contribution in [2.45, 2.75) is 148 Å². The minimum Gasteiger partial charge on any atom is -0.508 e. The topological polar surface area (TPSA) is 58.9 Å². The Morgan fingerprint density at radius 2 is 1.39 bits per heavy atom. The Hall–Kier alpha value is -1.10. The molecule has 2 N–H and O–H groups in total. The second kappa shape index (κ2) is 15.7. The number of phenolic OH excluding ortho intramolecular Hbond substituents is 1. The standard InChI is InChI=1S/C29H50O4/c1-4-5-6-7-8-9-10-11-12-13-14-15-27-23-28(33-29(2,3)32-27)22-26(31)21-18-24-16-19-25(30)20-17-24/h16-17,19-20,26-28,30-31H,4-15,18,21-23H2,1-3H3/t26?,27-,28+/m1/s1. The fourth-order valence-electron chi connectivity index (χ4n) is 4.99. The minimum absolute atomic E-state index is 0.0428. The predicted octanol–water partition coefficient (Wildman–Crippen LogP) is 7.69. The number of unbranched alkanes of at least 4 members (excludes halogenated alkanes) is 10. The largest absolute Gasteiger partial charge is 0.508 e. The third-order valence-corrected chi connectivity index (χ3v) is 6.79. The van der Waals surface area contributed by atoms with Crippen LogP contribution in [-0.2, 0) is 15.9 Å². The lowest BCUT2D eigenvalue weighted by molar-refractivity contribution is -0.303. The second-order valence-corrected chi connectivity index (χ2v) is 10.5. The van der Waals surface area contributed by atoms with E-state index in [-0.39, 0.29) is 24.1 Å². The third kappa shape index (κ3) is 12.8. The quantitative estimate of drug-likeness (QED) is 0.233. The van der Waals surface area contributed by atoms with E-state index < -0.39 is 5.79 Å². The first-order chi connectivity index (χ1) is 15.9. The average molecular weight is 463 g/mol. The molecule has 4 nitrogen and oxygen atoms in total. The molecule has 33 heavy (non-hydrogen) atoms. The van der Waals surface area contributed by atoms with Gasteiger partial charge in [-0.05, 0) is 57.2 Å². The van der Waals surface area contributed by atoms with Crippen LogP contribution in [0.25, 0.3) is 0 Å². The molecule has 0 amide bonds. The number of hydrogen-bond donors (Lipinski definition) is 2. The SMILES string of the molecule is CCCCCCCCCCCCC[C@@H]1C[C@H](CC(O)CCc2ccc(O)cc2)OC(C)(C)O1. The molecule has 0 spiro atoms. The highest BCUT2D eigenvalue weighted by Gasteiger charge is 2.35. The first-order valence-corrected chi connectivity index (χ1v) is 13.7. The monoisotopic (exact) mass is 462 g/mol. The van der Waals surface area contributed by atoms with Crippen molar-refractivity contribution >= 4 is 0 Å². The van der Waals surface area contributed by atoms with Gasteiger partial charge in [-0.2, -0.15) is 0 Å². The van der Waals surface area contributed by atoms with Gasteiger partial charge in [0.2, 0.25) is 0 Å². The van der Waals surface area contributed by atoms with Crippen LogP contribution in [-0.4, -0.2) is 34.3 Å². The molecule has 1 heterocycles. The van der Waals surface area contributed by atoms with Crippen LogP contribution in [0, 0.1) is 0 Å². The lowest BCUT2D eigenvalue weighted by Gasteiger charge is -2.41. The van der Waals surface area contributed by atoms with Crippen molar-refractivity contribution in [2.24, 2.45) is 0 Å². The van der Waals surface area contributed by atoms with E-state index in [0.717, 1.165) is 24.8 Å². The zero-order valence-corrected chi connectivity index (χ0v) is 21.6. The van der Waals surface area contributed by atoms with Crippen LogP contribution in [0.15, 0.2) is 24.3 Å². The molecule has 1 saturated heterocycles. The molecular weight excluding hydrogens is 412 g/mol. The second-order valence-electron chi connectivity index (χ2n) is 10.5. The summed E-state index contributed by atoms with van der Waals surface area (Å²) in [6.45, 7) is 6.27. The van der Waals surface area contributed by atoms with E-state index in [1.54, 1.807) is 12.1 Å². The molecule has 0 radical (unpaired) electrons. The maximum atomic E-state index is 10.6. The van der Waals surface area contributed by atoms with Crippen LogP contribution < -0.4 is 0 Å². The van der Waals surface area contributed by atoms with Gasteiger partial charge in [0, 0.05) is 6.42 Å². The van der Waals surface area contributed by atoms with Crippen LogP contribution in [0.4, 0.5) is 0 Å². The first-order valence-electron chi connectivity index (χ1n) is 13.7. The molecule has 190 valence electrons. The van der Waals surface area contributed by atoms with Crippen molar-refractivity contribution in [3.05, 3.63) is 29.8 Å². The fourth-order valence-corrected chi connectivity index (χ4v) is 4.99. The first kappa shape index (κ1) is 28.1. The molecule has 0 aliphatic carbocycles. The summed E-state index contributed by atoms with van der Waals surface area (Å²) in [6, 6.07) is 7.23. The summed E-state index contributed by atoms with van der Waals surface area (Å²) in [4.78, 5) is 0. The van der Waals surface area contributed by atoms with Crippen LogP contribution in [0.1, 0.15) is 123 Å². The lowest BCUT2D eigenvalue weighted by Crippen LogP contribution is -2.45. The molecule has 1 aliphatic rings. The van der Waals surface area contributed by atoms with Gasteiger partial charge < -0.3 is 19.7 Å². The van der Waals surface area contributed by atoms with Gasteiger partial charge in [0.1, 0.15) is 5.75 Å². The van der Waals surface area contributed by atoms with Gasteiger partial charge >= 0.3 is 0 Å². The number of hydrogen-bond acceptors (Lipinski definition) is 4. The maximum Gasteiger partial charge on any atom is 0.163 e. The molecular formula is C29H50O4. The normalized spacial score (nSPS) is 21.2. The van der Waals surface area contributed by atoms with Crippen molar-refractivity contribution in [3.8, 4) is 5.75 Å². The Morgan fingerprint density at radius 3 is 2.00 bits per heavy atom. The molecule has 1 aromatic rings. The summed E-state index contributed by atoms with van der Waals surface area (Å²) in [5, 5.41) is 20.0. The predicted molar refractivity (Wildman–Crippen MR) is 137 cm³/mol. The van der Waals surface area contributed by atoms with E-state index in [1.165, 1.54) is 70.6 Å². The van der Waals surface area contributed by atoms with Crippen molar-refractivity contribution in [2.75, 3.05) is 0 Å². The van der Waals surface area contributed by atoms with Crippen LogP contribution in [0.5, 0.6) is 5.75 Å². The number of phenols is 1. The molecule has 1 aromatic carbocycles. The van der Waals surface area contributed by atoms with Gasteiger partial charge in [-0.25, -0.2) is 0 Å². The highest BCUT2D eigenvalue weighted by molar-refractivity contribution is 5.25. The van der Waals surface area contributed by atoms with Crippen LogP contribution in [0.2, 0.25) is 0 Å². The summed E-state index contributed by atoms with van der Waals surface area (Å²) in [6.07, 6.45) is 18.9. The van der Waals surface area contributed by atoms with E-state index in [0.29, 0.717) is 12.8 Å². The Bertz CT molecular complexity index is 613. The molecule has 4 heteroatoms. The van der Waals surface area contributed by atoms with Crippen molar-refractivity contribution in [1.29, 1.82) is 0 Å². The zero-order chi connectivity index (χ0) is 23.9. The molecule has 3 atom stereocenters. The van der Waals surface area contributed by atoms with Crippen LogP contribution in [0.3, 0.4) is 0 Å². The Balaban J connectivity index is 1.58. The van der Waals surface area contributed by atoms with E-state index in [1.807, 2.05) is 26.0 Å². The number of aryl methyl sites for hydroxylation is 1. The molecule has 1 aliphatic heterocycles. The lowest BCUT2D eigenvalue weighted by atomic mass is 9.96. The molecule has 0 bridgehead atoms. The summed E-state index contributed by atoms with van der Waals surface area (Å²) < 4.78 is 12.3. The van der Waals surface area contributed by atoms with E-state index in [4.69, 9.17) is 9.47 Å². The minimum atomic E-state index is -0.581. The number of aliphatic hydroxyl groups excluding tert-OH is 1. The van der Waals surface area contributed by atoms with E-state index in [9.17, 15) is 10.2 Å². The van der Waals surface area contributed by atoms with Gasteiger partial charge in [-0.1, -0.05) is 89.7 Å². The van der Waals surface area contributed by atoms with Crippen molar-refractivity contribution in [3.63, 3.8) is 0 Å². The number of aliphatic hydroxyl groups is 1. The van der Waals surface area contributed by atoms with Gasteiger partial charge in [0.15, 0.2) is 5.79 Å². The number of ether oxygens (including phenoxy) is 2. The Morgan fingerprint density at radius 1 is 0.848 bits per heavy atom. The molecule has 0 saturated carbocycles.